The lowest BCUT2D eigenvalue weighted by Gasteiger charge is -2.10. The van der Waals surface area contributed by atoms with Crippen LogP contribution in [-0.4, -0.2) is 44.5 Å². The molecule has 25 heavy (non-hydrogen) atoms. The minimum Gasteiger partial charge on any atom is -0.444 e. The number of aryl methyl sites for hydroxylation is 1. The molecule has 0 saturated heterocycles. The number of nitrogens with one attached hydrogen (secondary N) is 2. The van der Waals surface area contributed by atoms with Gasteiger partial charge in [-0.3, -0.25) is 4.99 Å². The maximum absolute atomic E-state index is 11.5. The molecule has 2 rings (SSSR count). The van der Waals surface area contributed by atoms with Crippen LogP contribution in [0.15, 0.2) is 39.9 Å². The van der Waals surface area contributed by atoms with Gasteiger partial charge < -0.3 is 15.1 Å². The Bertz CT molecular complexity index is 811. The average Bonchev–Trinajstić information content (AvgIpc) is 3.07. The van der Waals surface area contributed by atoms with Crippen molar-refractivity contribution in [2.75, 3.05) is 25.1 Å². The van der Waals surface area contributed by atoms with E-state index in [1.807, 2.05) is 31.2 Å². The van der Waals surface area contributed by atoms with Gasteiger partial charge in [0, 0.05) is 24.9 Å². The molecular formula is C17H24N4O3S. The summed E-state index contributed by atoms with van der Waals surface area (Å²) in [7, 11) is -1.36. The second-order valence-corrected chi connectivity index (χ2v) is 8.07. The summed E-state index contributed by atoms with van der Waals surface area (Å²) in [4.78, 5) is 8.51. The summed E-state index contributed by atoms with van der Waals surface area (Å²) in [5.74, 6) is 1.30. The van der Waals surface area contributed by atoms with Crippen molar-refractivity contribution in [3.8, 4) is 11.5 Å². The van der Waals surface area contributed by atoms with Gasteiger partial charge in [-0.15, -0.1) is 0 Å². The molecule has 0 unspecified atom stereocenters. The van der Waals surface area contributed by atoms with Crippen LogP contribution in [0.4, 0.5) is 0 Å². The topological polar surface area (TPSA) is 96.6 Å². The fourth-order valence-corrected chi connectivity index (χ4v) is 2.78. The Kier molecular flexibility index (Phi) is 6.58. The molecule has 2 aromatic rings. The molecule has 0 atom stereocenters. The number of oxazole rings is 1. The molecule has 0 aliphatic heterocycles. The van der Waals surface area contributed by atoms with E-state index in [1.165, 1.54) is 5.56 Å². The third kappa shape index (κ3) is 5.90. The van der Waals surface area contributed by atoms with E-state index in [0.717, 1.165) is 11.3 Å². The molecule has 1 aromatic heterocycles. The highest BCUT2D eigenvalue weighted by Gasteiger charge is 2.09. The first kappa shape index (κ1) is 19.0. The molecule has 0 aliphatic rings. The average molecular weight is 364 g/mol. The molecule has 0 spiro atoms. The molecule has 1 aromatic carbocycles. The van der Waals surface area contributed by atoms with E-state index in [0.29, 0.717) is 24.9 Å². The first-order chi connectivity index (χ1) is 11.9. The SMILES string of the molecule is CCS(=O)(=O)CCNC(=NC)NCc1coc(-c2ccc(C)cc2)n1. The quantitative estimate of drug-likeness (QED) is 0.574. The van der Waals surface area contributed by atoms with Crippen LogP contribution in [0.5, 0.6) is 0 Å². The normalized spacial score (nSPS) is 12.2. The second kappa shape index (κ2) is 8.66. The van der Waals surface area contributed by atoms with E-state index < -0.39 is 9.84 Å². The van der Waals surface area contributed by atoms with Gasteiger partial charge in [-0.2, -0.15) is 0 Å². The van der Waals surface area contributed by atoms with Crippen molar-refractivity contribution >= 4 is 15.8 Å². The van der Waals surface area contributed by atoms with E-state index >= 15 is 0 Å². The van der Waals surface area contributed by atoms with Gasteiger partial charge in [0.05, 0.1) is 18.0 Å². The third-order valence-corrected chi connectivity index (χ3v) is 5.36. The van der Waals surface area contributed by atoms with Crippen LogP contribution in [0.3, 0.4) is 0 Å². The lowest BCUT2D eigenvalue weighted by Crippen LogP contribution is -2.39. The van der Waals surface area contributed by atoms with Crippen LogP contribution in [-0.2, 0) is 16.4 Å². The van der Waals surface area contributed by atoms with Crippen molar-refractivity contribution < 1.29 is 12.8 Å². The molecule has 0 bridgehead atoms. The smallest absolute Gasteiger partial charge is 0.226 e. The molecule has 2 N–H and O–H groups in total. The van der Waals surface area contributed by atoms with Crippen molar-refractivity contribution in [1.82, 2.24) is 15.6 Å². The predicted molar refractivity (Wildman–Crippen MR) is 99.2 cm³/mol. The molecule has 8 heteroatoms. The predicted octanol–water partition coefficient (Wildman–Crippen LogP) is 1.75. The largest absolute Gasteiger partial charge is 0.444 e. The van der Waals surface area contributed by atoms with Crippen LogP contribution in [0, 0.1) is 6.92 Å². The highest BCUT2D eigenvalue weighted by molar-refractivity contribution is 7.91. The van der Waals surface area contributed by atoms with Gasteiger partial charge in [0.2, 0.25) is 5.89 Å². The molecule has 7 nitrogen and oxygen atoms in total. The molecule has 0 amide bonds. The number of nitrogens with zero attached hydrogens (tertiary/aromatic N) is 2. The summed E-state index contributed by atoms with van der Waals surface area (Å²) in [5.41, 5.74) is 2.83. The monoisotopic (exact) mass is 364 g/mol. The van der Waals surface area contributed by atoms with Gasteiger partial charge in [0.25, 0.3) is 0 Å². The van der Waals surface area contributed by atoms with E-state index in [-0.39, 0.29) is 11.5 Å². The zero-order valence-corrected chi connectivity index (χ0v) is 15.6. The fraction of sp³-hybridized carbons (Fsp3) is 0.412. The van der Waals surface area contributed by atoms with Crippen LogP contribution >= 0.6 is 0 Å². The van der Waals surface area contributed by atoms with E-state index in [1.54, 1.807) is 20.2 Å². The van der Waals surface area contributed by atoms with Crippen molar-refractivity contribution in [3.05, 3.63) is 41.8 Å². The third-order valence-electron chi connectivity index (χ3n) is 3.66. The Labute approximate surface area is 148 Å². The summed E-state index contributed by atoms with van der Waals surface area (Å²) < 4.78 is 28.5. The summed E-state index contributed by atoms with van der Waals surface area (Å²) in [6.45, 7) is 4.40. The number of hydrogen-bond donors (Lipinski definition) is 2. The molecular weight excluding hydrogens is 340 g/mol. The maximum Gasteiger partial charge on any atom is 0.226 e. The Morgan fingerprint density at radius 2 is 1.96 bits per heavy atom. The van der Waals surface area contributed by atoms with Crippen LogP contribution in [0.25, 0.3) is 11.5 Å². The number of rotatable bonds is 7. The summed E-state index contributed by atoms with van der Waals surface area (Å²) in [6.07, 6.45) is 1.59. The summed E-state index contributed by atoms with van der Waals surface area (Å²) in [6, 6.07) is 7.95. The van der Waals surface area contributed by atoms with Gasteiger partial charge in [-0.25, -0.2) is 13.4 Å². The highest BCUT2D eigenvalue weighted by Crippen LogP contribution is 2.18. The second-order valence-electron chi connectivity index (χ2n) is 5.60. The molecule has 1 heterocycles. The van der Waals surface area contributed by atoms with Gasteiger partial charge in [0.15, 0.2) is 15.8 Å². The molecule has 0 aliphatic carbocycles. The minimum atomic E-state index is -2.99. The number of guanidine groups is 1. The zero-order chi connectivity index (χ0) is 18.3. The Hall–Kier alpha value is -2.35. The lowest BCUT2D eigenvalue weighted by atomic mass is 10.1. The molecule has 0 fully saturated rings. The molecule has 136 valence electrons. The number of aliphatic imine (C=N–C) groups is 1. The number of hydrogen-bond acceptors (Lipinski definition) is 5. The maximum atomic E-state index is 11.5. The van der Waals surface area contributed by atoms with Crippen LogP contribution < -0.4 is 10.6 Å². The minimum absolute atomic E-state index is 0.0751. The highest BCUT2D eigenvalue weighted by atomic mass is 32.2. The summed E-state index contributed by atoms with van der Waals surface area (Å²) >= 11 is 0. The Morgan fingerprint density at radius 1 is 1.24 bits per heavy atom. The zero-order valence-electron chi connectivity index (χ0n) is 14.7. The van der Waals surface area contributed by atoms with Crippen molar-refractivity contribution in [1.29, 1.82) is 0 Å². The standard InChI is InChI=1S/C17H24N4O3S/c1-4-25(22,23)10-9-19-17(18-3)20-11-15-12-24-16(21-15)14-7-5-13(2)6-8-14/h5-8,12H,4,9-11H2,1-3H3,(H2,18,19,20). The first-order valence-electron chi connectivity index (χ1n) is 8.10. The first-order valence-corrected chi connectivity index (χ1v) is 9.92. The lowest BCUT2D eigenvalue weighted by molar-refractivity contribution is 0.572. The van der Waals surface area contributed by atoms with E-state index in [9.17, 15) is 8.42 Å². The van der Waals surface area contributed by atoms with Crippen LogP contribution in [0.2, 0.25) is 0 Å². The van der Waals surface area contributed by atoms with Gasteiger partial charge in [0.1, 0.15) is 6.26 Å². The van der Waals surface area contributed by atoms with E-state index in [2.05, 4.69) is 20.6 Å². The van der Waals surface area contributed by atoms with Crippen molar-refractivity contribution in [2.24, 2.45) is 4.99 Å². The van der Waals surface area contributed by atoms with Gasteiger partial charge in [-0.05, 0) is 19.1 Å². The van der Waals surface area contributed by atoms with Crippen molar-refractivity contribution in [2.45, 2.75) is 20.4 Å². The molecule has 0 saturated carbocycles. The Balaban J connectivity index is 1.87. The van der Waals surface area contributed by atoms with E-state index in [4.69, 9.17) is 4.42 Å². The Morgan fingerprint density at radius 3 is 2.60 bits per heavy atom. The summed E-state index contributed by atoms with van der Waals surface area (Å²) in [5, 5.41) is 6.06. The van der Waals surface area contributed by atoms with Gasteiger partial charge >= 0.3 is 0 Å². The molecule has 0 radical (unpaired) electrons. The number of benzene rings is 1. The van der Waals surface area contributed by atoms with Gasteiger partial charge in [-0.1, -0.05) is 24.6 Å². The number of aromatic nitrogens is 1. The van der Waals surface area contributed by atoms with Crippen molar-refractivity contribution in [3.63, 3.8) is 0 Å². The van der Waals surface area contributed by atoms with Crippen LogP contribution in [0.1, 0.15) is 18.2 Å². The fourth-order valence-electron chi connectivity index (χ4n) is 2.08. The number of sulfone groups is 1.